The second-order valence-corrected chi connectivity index (χ2v) is 5.81. The fourth-order valence-electron chi connectivity index (χ4n) is 2.28. The Hall–Kier alpha value is -1.81. The first-order valence-corrected chi connectivity index (χ1v) is 7.10. The molecule has 1 aliphatic heterocycles. The number of hydrogen-bond acceptors (Lipinski definition) is 4. The van der Waals surface area contributed by atoms with E-state index in [1.165, 1.54) is 11.1 Å². The average Bonchev–Trinajstić information content (AvgIpc) is 2.81. The summed E-state index contributed by atoms with van der Waals surface area (Å²) in [5.74, 6) is 0.312. The van der Waals surface area contributed by atoms with E-state index >= 15 is 0 Å². The van der Waals surface area contributed by atoms with Crippen LogP contribution in [0, 0.1) is 6.92 Å². The number of aromatic hydroxyl groups is 1. The summed E-state index contributed by atoms with van der Waals surface area (Å²) in [6.45, 7) is 2.09. The number of aryl methyl sites for hydroxylation is 1. The zero-order valence-electron chi connectivity index (χ0n) is 10.9. The summed E-state index contributed by atoms with van der Waals surface area (Å²) in [6, 6.07) is 11.9. The maximum atomic E-state index is 9.54. The number of phenolic OH excluding ortho intramolecular Hbond substituents is 1. The van der Waals surface area contributed by atoms with Crippen molar-refractivity contribution in [1.82, 2.24) is 0 Å². The third-order valence-electron chi connectivity index (χ3n) is 3.26. The van der Waals surface area contributed by atoms with Gasteiger partial charge >= 0.3 is 0 Å². The van der Waals surface area contributed by atoms with Gasteiger partial charge in [0.2, 0.25) is 0 Å². The van der Waals surface area contributed by atoms with Crippen molar-refractivity contribution in [1.29, 1.82) is 0 Å². The molecule has 4 heteroatoms. The molecule has 1 aliphatic rings. The Kier molecular flexibility index (Phi) is 3.03. The summed E-state index contributed by atoms with van der Waals surface area (Å²) in [6.07, 6.45) is 0. The molecule has 3 N–H and O–H groups in total. The molecule has 0 aromatic heterocycles. The first kappa shape index (κ1) is 12.2. The maximum Gasteiger partial charge on any atom is 0.116 e. The molecular weight excluding hydrogens is 256 g/mol. The van der Waals surface area contributed by atoms with E-state index in [0.29, 0.717) is 5.75 Å². The standard InChI is InChI=1S/C15H16N2OS/c1-9-3-5-11(13(7-9)16-2)15-17-12-6-4-10(18)8-14(12)19-15/h3-8,15-18H,1-2H3. The van der Waals surface area contributed by atoms with Gasteiger partial charge in [-0.3, -0.25) is 0 Å². The largest absolute Gasteiger partial charge is 0.508 e. The minimum atomic E-state index is 0.180. The van der Waals surface area contributed by atoms with Gasteiger partial charge in [0, 0.05) is 28.9 Å². The van der Waals surface area contributed by atoms with Crippen molar-refractivity contribution in [2.45, 2.75) is 17.2 Å². The van der Waals surface area contributed by atoms with Crippen LogP contribution in [0.2, 0.25) is 0 Å². The van der Waals surface area contributed by atoms with Crippen molar-refractivity contribution >= 4 is 23.1 Å². The molecule has 1 atom stereocenters. The molecular formula is C15H16N2OS. The van der Waals surface area contributed by atoms with Gasteiger partial charge in [-0.1, -0.05) is 23.9 Å². The van der Waals surface area contributed by atoms with E-state index in [-0.39, 0.29) is 5.37 Å². The number of hydrogen-bond donors (Lipinski definition) is 3. The van der Waals surface area contributed by atoms with Crippen molar-refractivity contribution in [3.63, 3.8) is 0 Å². The molecule has 2 aromatic carbocycles. The highest BCUT2D eigenvalue weighted by atomic mass is 32.2. The van der Waals surface area contributed by atoms with E-state index in [2.05, 4.69) is 35.8 Å². The first-order chi connectivity index (χ1) is 9.17. The summed E-state index contributed by atoms with van der Waals surface area (Å²) >= 11 is 1.73. The van der Waals surface area contributed by atoms with E-state index < -0.39 is 0 Å². The lowest BCUT2D eigenvalue weighted by Gasteiger charge is -2.16. The van der Waals surface area contributed by atoms with E-state index in [9.17, 15) is 5.11 Å². The first-order valence-electron chi connectivity index (χ1n) is 6.22. The summed E-state index contributed by atoms with van der Waals surface area (Å²) < 4.78 is 0. The Morgan fingerprint density at radius 1 is 1.21 bits per heavy atom. The van der Waals surface area contributed by atoms with Crippen LogP contribution in [0.15, 0.2) is 41.3 Å². The van der Waals surface area contributed by atoms with Crippen LogP contribution < -0.4 is 10.6 Å². The number of thioether (sulfide) groups is 1. The molecule has 98 valence electrons. The quantitative estimate of drug-likeness (QED) is 0.724. The fraction of sp³-hybridized carbons (Fsp3) is 0.200. The van der Waals surface area contributed by atoms with E-state index in [4.69, 9.17) is 0 Å². The lowest BCUT2D eigenvalue weighted by atomic mass is 10.1. The Bertz CT molecular complexity index is 628. The summed E-state index contributed by atoms with van der Waals surface area (Å²) in [4.78, 5) is 1.09. The van der Waals surface area contributed by atoms with Gasteiger partial charge in [0.1, 0.15) is 11.1 Å². The van der Waals surface area contributed by atoms with Gasteiger partial charge in [0.25, 0.3) is 0 Å². The fourth-order valence-corrected chi connectivity index (χ4v) is 3.50. The van der Waals surface area contributed by atoms with Crippen LogP contribution in [-0.4, -0.2) is 12.2 Å². The molecule has 3 nitrogen and oxygen atoms in total. The van der Waals surface area contributed by atoms with Gasteiger partial charge in [-0.15, -0.1) is 0 Å². The lowest BCUT2D eigenvalue weighted by molar-refractivity contribution is 0.474. The Morgan fingerprint density at radius 2 is 2.05 bits per heavy atom. The van der Waals surface area contributed by atoms with E-state index in [1.807, 2.05) is 13.1 Å². The molecule has 2 aromatic rings. The monoisotopic (exact) mass is 272 g/mol. The third kappa shape index (κ3) is 2.24. The Labute approximate surface area is 117 Å². The van der Waals surface area contributed by atoms with Gasteiger partial charge in [0.15, 0.2) is 0 Å². The van der Waals surface area contributed by atoms with Crippen molar-refractivity contribution < 1.29 is 5.11 Å². The van der Waals surface area contributed by atoms with Crippen LogP contribution in [0.25, 0.3) is 0 Å². The molecule has 1 unspecified atom stereocenters. The molecule has 19 heavy (non-hydrogen) atoms. The molecule has 0 saturated heterocycles. The predicted molar refractivity (Wildman–Crippen MR) is 81.1 cm³/mol. The molecule has 0 spiro atoms. The average molecular weight is 272 g/mol. The van der Waals surface area contributed by atoms with Gasteiger partial charge in [-0.25, -0.2) is 0 Å². The SMILES string of the molecule is CNc1cc(C)ccc1C1Nc2ccc(O)cc2S1. The molecule has 0 radical (unpaired) electrons. The molecule has 0 aliphatic carbocycles. The van der Waals surface area contributed by atoms with E-state index in [0.717, 1.165) is 16.3 Å². The number of fused-ring (bicyclic) bond motifs is 1. The summed E-state index contributed by atoms with van der Waals surface area (Å²) in [7, 11) is 1.94. The van der Waals surface area contributed by atoms with Gasteiger partial charge in [-0.2, -0.15) is 0 Å². The Balaban J connectivity index is 1.94. The number of anilines is 2. The number of benzene rings is 2. The van der Waals surface area contributed by atoms with Crippen molar-refractivity contribution in [2.75, 3.05) is 17.7 Å². The smallest absolute Gasteiger partial charge is 0.116 e. The highest BCUT2D eigenvalue weighted by Gasteiger charge is 2.24. The number of phenols is 1. The van der Waals surface area contributed by atoms with Crippen LogP contribution in [0.1, 0.15) is 16.5 Å². The normalized spacial score (nSPS) is 16.8. The van der Waals surface area contributed by atoms with Crippen molar-refractivity contribution in [3.05, 3.63) is 47.5 Å². The lowest BCUT2D eigenvalue weighted by Crippen LogP contribution is -2.05. The zero-order chi connectivity index (χ0) is 13.4. The van der Waals surface area contributed by atoms with Crippen LogP contribution >= 0.6 is 11.8 Å². The number of nitrogens with one attached hydrogen (secondary N) is 2. The second-order valence-electron chi connectivity index (χ2n) is 4.66. The van der Waals surface area contributed by atoms with Crippen LogP contribution in [0.4, 0.5) is 11.4 Å². The van der Waals surface area contributed by atoms with Gasteiger partial charge in [0.05, 0.1) is 0 Å². The highest BCUT2D eigenvalue weighted by molar-refractivity contribution is 8.00. The highest BCUT2D eigenvalue weighted by Crippen LogP contribution is 2.49. The molecule has 0 saturated carbocycles. The molecule has 0 bridgehead atoms. The predicted octanol–water partition coefficient (Wildman–Crippen LogP) is 3.96. The topological polar surface area (TPSA) is 44.3 Å². The maximum absolute atomic E-state index is 9.54. The molecule has 0 fully saturated rings. The molecule has 0 amide bonds. The van der Waals surface area contributed by atoms with E-state index in [1.54, 1.807) is 23.9 Å². The van der Waals surface area contributed by atoms with Gasteiger partial charge in [-0.05, 0) is 36.8 Å². The van der Waals surface area contributed by atoms with Crippen LogP contribution in [0.5, 0.6) is 5.75 Å². The zero-order valence-corrected chi connectivity index (χ0v) is 11.7. The van der Waals surface area contributed by atoms with Crippen LogP contribution in [-0.2, 0) is 0 Å². The molecule has 1 heterocycles. The van der Waals surface area contributed by atoms with Crippen molar-refractivity contribution in [3.8, 4) is 5.75 Å². The Morgan fingerprint density at radius 3 is 2.84 bits per heavy atom. The summed E-state index contributed by atoms with van der Waals surface area (Å²) in [5, 5.41) is 16.5. The van der Waals surface area contributed by atoms with Crippen molar-refractivity contribution in [2.24, 2.45) is 0 Å². The third-order valence-corrected chi connectivity index (χ3v) is 4.46. The molecule has 3 rings (SSSR count). The van der Waals surface area contributed by atoms with Gasteiger partial charge < -0.3 is 15.7 Å². The number of rotatable bonds is 2. The summed E-state index contributed by atoms with van der Waals surface area (Å²) in [5.41, 5.74) is 4.69. The van der Waals surface area contributed by atoms with Crippen LogP contribution in [0.3, 0.4) is 0 Å². The minimum Gasteiger partial charge on any atom is -0.508 e. The minimum absolute atomic E-state index is 0.180. The second kappa shape index (κ2) is 4.70.